The standard InChI is InChI=1S/C19H17FN2O2/c1-3-16-12-18(22(21-16)17-6-4-5-15(20)11-17)24-19(23)14-9-7-13(2)8-10-14/h4-12H,3H2,1-2H3. The molecule has 5 heteroatoms. The zero-order chi connectivity index (χ0) is 17.1. The van der Waals surface area contributed by atoms with Crippen molar-refractivity contribution >= 4 is 5.97 Å². The van der Waals surface area contributed by atoms with E-state index in [2.05, 4.69) is 5.10 Å². The van der Waals surface area contributed by atoms with Crippen molar-refractivity contribution in [3.05, 3.63) is 77.2 Å². The van der Waals surface area contributed by atoms with Crippen LogP contribution in [0.5, 0.6) is 5.88 Å². The van der Waals surface area contributed by atoms with Gasteiger partial charge in [0.15, 0.2) is 0 Å². The monoisotopic (exact) mass is 324 g/mol. The Morgan fingerprint density at radius 3 is 2.58 bits per heavy atom. The fourth-order valence-corrected chi connectivity index (χ4v) is 2.29. The highest BCUT2D eigenvalue weighted by Crippen LogP contribution is 2.21. The molecule has 2 aromatic carbocycles. The fraction of sp³-hybridized carbons (Fsp3) is 0.158. The molecule has 0 atom stereocenters. The number of nitrogens with zero attached hydrogens (tertiary/aromatic N) is 2. The molecule has 0 aliphatic carbocycles. The Balaban J connectivity index is 1.94. The lowest BCUT2D eigenvalue weighted by Crippen LogP contribution is -2.11. The summed E-state index contributed by atoms with van der Waals surface area (Å²) in [6.07, 6.45) is 0.678. The van der Waals surface area contributed by atoms with Crippen LogP contribution in [0.3, 0.4) is 0 Å². The summed E-state index contributed by atoms with van der Waals surface area (Å²) in [6, 6.07) is 14.8. The quantitative estimate of drug-likeness (QED) is 0.679. The molecular weight excluding hydrogens is 307 g/mol. The third-order valence-electron chi connectivity index (χ3n) is 3.63. The van der Waals surface area contributed by atoms with E-state index in [0.29, 0.717) is 17.7 Å². The van der Waals surface area contributed by atoms with Gasteiger partial charge in [-0.2, -0.15) is 5.10 Å². The van der Waals surface area contributed by atoms with E-state index in [-0.39, 0.29) is 11.7 Å². The molecule has 0 spiro atoms. The first-order valence-corrected chi connectivity index (χ1v) is 7.70. The smallest absolute Gasteiger partial charge is 0.344 e. The van der Waals surface area contributed by atoms with Crippen LogP contribution in [0.2, 0.25) is 0 Å². The van der Waals surface area contributed by atoms with Crippen LogP contribution in [0.4, 0.5) is 4.39 Å². The number of esters is 1. The minimum Gasteiger partial charge on any atom is -0.404 e. The van der Waals surface area contributed by atoms with Gasteiger partial charge in [-0.05, 0) is 43.7 Å². The molecule has 0 unspecified atom stereocenters. The van der Waals surface area contributed by atoms with Crippen LogP contribution in [0.15, 0.2) is 54.6 Å². The maximum atomic E-state index is 13.5. The van der Waals surface area contributed by atoms with Gasteiger partial charge in [0.1, 0.15) is 5.82 Å². The normalized spacial score (nSPS) is 10.6. The summed E-state index contributed by atoms with van der Waals surface area (Å²) < 4.78 is 20.4. The van der Waals surface area contributed by atoms with Crippen molar-refractivity contribution in [3.8, 4) is 11.6 Å². The second-order valence-electron chi connectivity index (χ2n) is 5.47. The van der Waals surface area contributed by atoms with Gasteiger partial charge in [0.25, 0.3) is 0 Å². The zero-order valence-electron chi connectivity index (χ0n) is 13.5. The molecule has 4 nitrogen and oxygen atoms in total. The Kier molecular flexibility index (Phi) is 4.42. The van der Waals surface area contributed by atoms with E-state index in [1.54, 1.807) is 30.3 Å². The number of rotatable bonds is 4. The number of aryl methyl sites for hydroxylation is 2. The summed E-state index contributed by atoms with van der Waals surface area (Å²) in [5, 5.41) is 4.37. The molecule has 0 amide bonds. The molecule has 0 fully saturated rings. The van der Waals surface area contributed by atoms with Crippen molar-refractivity contribution in [1.82, 2.24) is 9.78 Å². The topological polar surface area (TPSA) is 44.1 Å². The Labute approximate surface area is 139 Å². The molecule has 3 rings (SSSR count). The molecule has 0 saturated carbocycles. The van der Waals surface area contributed by atoms with Crippen LogP contribution in [0, 0.1) is 12.7 Å². The summed E-state index contributed by atoms with van der Waals surface area (Å²) in [4.78, 5) is 12.3. The first-order valence-electron chi connectivity index (χ1n) is 7.70. The summed E-state index contributed by atoms with van der Waals surface area (Å²) in [7, 11) is 0. The highest BCUT2D eigenvalue weighted by Gasteiger charge is 2.15. The lowest BCUT2D eigenvalue weighted by atomic mass is 10.1. The van der Waals surface area contributed by atoms with E-state index in [1.807, 2.05) is 26.0 Å². The number of aromatic nitrogens is 2. The van der Waals surface area contributed by atoms with Gasteiger partial charge in [0, 0.05) is 6.07 Å². The summed E-state index contributed by atoms with van der Waals surface area (Å²) in [5.74, 6) is -0.588. The van der Waals surface area contributed by atoms with Gasteiger partial charge >= 0.3 is 5.97 Å². The van der Waals surface area contributed by atoms with Gasteiger partial charge in [-0.15, -0.1) is 0 Å². The third kappa shape index (κ3) is 3.35. The first kappa shape index (κ1) is 15.9. The van der Waals surface area contributed by atoms with Crippen molar-refractivity contribution in [2.24, 2.45) is 0 Å². The fourth-order valence-electron chi connectivity index (χ4n) is 2.29. The Morgan fingerprint density at radius 1 is 1.17 bits per heavy atom. The average Bonchev–Trinajstić information content (AvgIpc) is 2.98. The lowest BCUT2D eigenvalue weighted by molar-refractivity contribution is 0.0723. The minimum atomic E-state index is -0.477. The van der Waals surface area contributed by atoms with Gasteiger partial charge in [-0.1, -0.05) is 30.7 Å². The van der Waals surface area contributed by atoms with E-state index >= 15 is 0 Å². The third-order valence-corrected chi connectivity index (χ3v) is 3.63. The second-order valence-corrected chi connectivity index (χ2v) is 5.47. The van der Waals surface area contributed by atoms with E-state index in [0.717, 1.165) is 11.3 Å². The van der Waals surface area contributed by atoms with Gasteiger partial charge in [0.2, 0.25) is 5.88 Å². The number of benzene rings is 2. The highest BCUT2D eigenvalue weighted by atomic mass is 19.1. The zero-order valence-corrected chi connectivity index (χ0v) is 13.5. The predicted octanol–water partition coefficient (Wildman–Crippen LogP) is 4.10. The van der Waals surface area contributed by atoms with Crippen LogP contribution in [-0.2, 0) is 6.42 Å². The van der Waals surface area contributed by atoms with Crippen molar-refractivity contribution in [1.29, 1.82) is 0 Å². The van der Waals surface area contributed by atoms with Crippen LogP contribution in [0.25, 0.3) is 5.69 Å². The van der Waals surface area contributed by atoms with Gasteiger partial charge in [-0.25, -0.2) is 13.9 Å². The largest absolute Gasteiger partial charge is 0.404 e. The number of hydrogen-bond donors (Lipinski definition) is 0. The Morgan fingerprint density at radius 2 is 1.92 bits per heavy atom. The summed E-state index contributed by atoms with van der Waals surface area (Å²) in [5.41, 5.74) is 2.77. The van der Waals surface area contributed by atoms with Crippen LogP contribution in [-0.4, -0.2) is 15.7 Å². The molecule has 0 aliphatic heterocycles. The van der Waals surface area contributed by atoms with Crippen LogP contribution in [0.1, 0.15) is 28.5 Å². The summed E-state index contributed by atoms with van der Waals surface area (Å²) >= 11 is 0. The van der Waals surface area contributed by atoms with Crippen molar-refractivity contribution in [2.45, 2.75) is 20.3 Å². The maximum Gasteiger partial charge on any atom is 0.344 e. The number of carbonyl (C=O) groups is 1. The number of carbonyl (C=O) groups excluding carboxylic acids is 1. The number of halogens is 1. The van der Waals surface area contributed by atoms with Gasteiger partial charge < -0.3 is 4.74 Å². The van der Waals surface area contributed by atoms with E-state index in [4.69, 9.17) is 4.74 Å². The van der Waals surface area contributed by atoms with Crippen molar-refractivity contribution in [3.63, 3.8) is 0 Å². The molecule has 1 aromatic heterocycles. The lowest BCUT2D eigenvalue weighted by Gasteiger charge is -2.08. The molecule has 1 heterocycles. The second kappa shape index (κ2) is 6.66. The van der Waals surface area contributed by atoms with Crippen LogP contribution < -0.4 is 4.74 Å². The number of hydrogen-bond acceptors (Lipinski definition) is 3. The maximum absolute atomic E-state index is 13.5. The molecule has 3 aromatic rings. The van der Waals surface area contributed by atoms with Crippen molar-refractivity contribution < 1.29 is 13.9 Å². The molecule has 0 N–H and O–H groups in total. The average molecular weight is 324 g/mol. The molecule has 24 heavy (non-hydrogen) atoms. The first-order chi connectivity index (χ1) is 11.6. The van der Waals surface area contributed by atoms with Gasteiger partial charge in [0.05, 0.1) is 16.9 Å². The molecular formula is C19H17FN2O2. The van der Waals surface area contributed by atoms with E-state index in [9.17, 15) is 9.18 Å². The molecule has 122 valence electrons. The van der Waals surface area contributed by atoms with Gasteiger partial charge in [-0.3, -0.25) is 0 Å². The highest BCUT2D eigenvalue weighted by molar-refractivity contribution is 5.90. The Hall–Kier alpha value is -2.95. The van der Waals surface area contributed by atoms with Crippen LogP contribution >= 0.6 is 0 Å². The molecule has 0 aliphatic rings. The molecule has 0 radical (unpaired) electrons. The number of ether oxygens (including phenoxy) is 1. The van der Waals surface area contributed by atoms with E-state index < -0.39 is 5.97 Å². The minimum absolute atomic E-state index is 0.267. The summed E-state index contributed by atoms with van der Waals surface area (Å²) in [6.45, 7) is 3.89. The predicted molar refractivity (Wildman–Crippen MR) is 89.0 cm³/mol. The van der Waals surface area contributed by atoms with Crippen molar-refractivity contribution in [2.75, 3.05) is 0 Å². The molecule has 0 bridgehead atoms. The SMILES string of the molecule is CCc1cc(OC(=O)c2ccc(C)cc2)n(-c2cccc(F)c2)n1. The molecule has 0 saturated heterocycles. The van der Waals surface area contributed by atoms with E-state index in [1.165, 1.54) is 16.8 Å². The Bertz CT molecular complexity index is 869.